The third-order valence-electron chi connectivity index (χ3n) is 3.65. The summed E-state index contributed by atoms with van der Waals surface area (Å²) in [5.41, 5.74) is 1.53. The fraction of sp³-hybridized carbons (Fsp3) is 0.429. The Hall–Kier alpha value is -1.50. The second kappa shape index (κ2) is 5.36. The Morgan fingerprint density at radius 1 is 1.48 bits per heavy atom. The van der Waals surface area contributed by atoms with Crippen LogP contribution in [-0.2, 0) is 11.2 Å². The molecule has 1 aliphatic rings. The Morgan fingerprint density at radius 3 is 2.95 bits per heavy atom. The second-order valence-electron chi connectivity index (χ2n) is 5.44. The van der Waals surface area contributed by atoms with E-state index >= 15 is 0 Å². The number of hydrogen-bond donors (Lipinski definition) is 1. The molecule has 1 aliphatic carbocycles. The van der Waals surface area contributed by atoms with Crippen molar-refractivity contribution in [2.24, 2.45) is 5.92 Å². The van der Waals surface area contributed by atoms with Crippen molar-refractivity contribution in [2.75, 3.05) is 6.54 Å². The van der Waals surface area contributed by atoms with Crippen LogP contribution in [0.15, 0.2) is 29.0 Å². The van der Waals surface area contributed by atoms with Crippen molar-refractivity contribution >= 4 is 27.5 Å². The highest BCUT2D eigenvalue weighted by molar-refractivity contribution is 9.10. The van der Waals surface area contributed by atoms with Crippen molar-refractivity contribution in [3.8, 4) is 0 Å². The number of fused-ring (bicyclic) bond motifs is 1. The van der Waals surface area contributed by atoms with Crippen LogP contribution >= 0.6 is 15.9 Å². The Morgan fingerprint density at radius 2 is 2.24 bits per heavy atom. The van der Waals surface area contributed by atoms with Crippen molar-refractivity contribution in [3.05, 3.63) is 34.7 Å². The monoisotopic (exact) mass is 357 g/mol. The van der Waals surface area contributed by atoms with Crippen LogP contribution < -0.4 is 5.32 Å². The molecule has 0 radical (unpaired) electrons. The van der Waals surface area contributed by atoms with Gasteiger partial charge in [-0.1, -0.05) is 0 Å². The van der Waals surface area contributed by atoms with Gasteiger partial charge in [0.25, 0.3) is 0 Å². The minimum absolute atomic E-state index is 0.111. The molecular formula is C14H14BrF2N3O. The molecule has 0 aliphatic heterocycles. The number of nitrogens with one attached hydrogen (secondary N) is 1. The third-order valence-corrected chi connectivity index (χ3v) is 4.12. The lowest BCUT2D eigenvalue weighted by Gasteiger charge is -2.34. The molecule has 1 fully saturated rings. The molecule has 21 heavy (non-hydrogen) atoms. The molecule has 2 aromatic rings. The van der Waals surface area contributed by atoms with Gasteiger partial charge in [-0.05, 0) is 34.0 Å². The first-order valence-electron chi connectivity index (χ1n) is 6.69. The zero-order chi connectivity index (χ0) is 15.0. The van der Waals surface area contributed by atoms with Gasteiger partial charge in [-0.15, -0.1) is 0 Å². The second-order valence-corrected chi connectivity index (χ2v) is 6.35. The molecule has 0 saturated heterocycles. The number of carbonyl (C=O) groups excluding carboxylic acids is 1. The number of alkyl halides is 2. The molecule has 0 spiro atoms. The van der Waals surface area contributed by atoms with E-state index < -0.39 is 5.92 Å². The first kappa shape index (κ1) is 14.4. The van der Waals surface area contributed by atoms with Gasteiger partial charge in [-0.3, -0.25) is 4.79 Å². The van der Waals surface area contributed by atoms with E-state index in [0.29, 0.717) is 6.54 Å². The van der Waals surface area contributed by atoms with Gasteiger partial charge in [0, 0.05) is 36.3 Å². The fourth-order valence-corrected chi connectivity index (χ4v) is 2.89. The lowest BCUT2D eigenvalue weighted by Crippen LogP contribution is -2.42. The van der Waals surface area contributed by atoms with Crippen LogP contribution in [-0.4, -0.2) is 27.8 Å². The van der Waals surface area contributed by atoms with E-state index in [-0.39, 0.29) is 31.1 Å². The van der Waals surface area contributed by atoms with Crippen molar-refractivity contribution < 1.29 is 13.6 Å². The first-order chi connectivity index (χ1) is 9.93. The zero-order valence-corrected chi connectivity index (χ0v) is 12.7. The SMILES string of the molecule is O=C(Cc1cnc2ccc(Br)cn12)NCC1CC(F)(F)C1. The van der Waals surface area contributed by atoms with E-state index in [9.17, 15) is 13.6 Å². The van der Waals surface area contributed by atoms with Gasteiger partial charge in [0.2, 0.25) is 11.8 Å². The van der Waals surface area contributed by atoms with E-state index in [0.717, 1.165) is 15.8 Å². The molecule has 0 aromatic carbocycles. The minimum Gasteiger partial charge on any atom is -0.355 e. The summed E-state index contributed by atoms with van der Waals surface area (Å²) >= 11 is 3.37. The number of hydrogen-bond acceptors (Lipinski definition) is 2. The van der Waals surface area contributed by atoms with E-state index in [1.165, 1.54) is 0 Å². The highest BCUT2D eigenvalue weighted by Crippen LogP contribution is 2.41. The van der Waals surface area contributed by atoms with E-state index in [2.05, 4.69) is 26.2 Å². The largest absolute Gasteiger partial charge is 0.355 e. The maximum Gasteiger partial charge on any atom is 0.248 e. The summed E-state index contributed by atoms with van der Waals surface area (Å²) in [7, 11) is 0. The molecular weight excluding hydrogens is 344 g/mol. The molecule has 2 heterocycles. The van der Waals surface area contributed by atoms with Crippen LogP contribution in [0.1, 0.15) is 18.5 Å². The quantitative estimate of drug-likeness (QED) is 0.914. The summed E-state index contributed by atoms with van der Waals surface area (Å²) in [5.74, 6) is -2.82. The normalized spacial score (nSPS) is 17.7. The average Bonchev–Trinajstić information content (AvgIpc) is 2.76. The van der Waals surface area contributed by atoms with Crippen molar-refractivity contribution in [1.29, 1.82) is 0 Å². The van der Waals surface area contributed by atoms with Crippen LogP contribution in [0.25, 0.3) is 5.65 Å². The molecule has 3 rings (SSSR count). The maximum atomic E-state index is 12.7. The Labute approximate surface area is 128 Å². The summed E-state index contributed by atoms with van der Waals surface area (Å²) in [5, 5.41) is 2.71. The lowest BCUT2D eigenvalue weighted by atomic mass is 9.81. The third kappa shape index (κ3) is 3.23. The topological polar surface area (TPSA) is 46.4 Å². The standard InChI is InChI=1S/C14H14BrF2N3O/c15-10-1-2-12-18-7-11(20(12)8-10)3-13(21)19-6-9-4-14(16,17)5-9/h1-2,7-9H,3-6H2,(H,19,21). The van der Waals surface area contributed by atoms with Crippen LogP contribution in [0.3, 0.4) is 0 Å². The van der Waals surface area contributed by atoms with E-state index in [1.807, 2.05) is 22.7 Å². The number of nitrogens with zero attached hydrogens (tertiary/aromatic N) is 2. The summed E-state index contributed by atoms with van der Waals surface area (Å²) in [6, 6.07) is 3.73. The highest BCUT2D eigenvalue weighted by atomic mass is 79.9. The van der Waals surface area contributed by atoms with Crippen molar-refractivity contribution in [1.82, 2.24) is 14.7 Å². The molecule has 4 nitrogen and oxygen atoms in total. The summed E-state index contributed by atoms with van der Waals surface area (Å²) in [6.45, 7) is 0.314. The summed E-state index contributed by atoms with van der Waals surface area (Å²) in [4.78, 5) is 16.1. The number of aromatic nitrogens is 2. The number of halogens is 3. The Kier molecular flexibility index (Phi) is 3.69. The molecule has 0 atom stereocenters. The van der Waals surface area contributed by atoms with Gasteiger partial charge < -0.3 is 9.72 Å². The highest BCUT2D eigenvalue weighted by Gasteiger charge is 2.44. The number of pyridine rings is 1. The lowest BCUT2D eigenvalue weighted by molar-refractivity contribution is -0.125. The molecule has 1 N–H and O–H groups in total. The number of amides is 1. The molecule has 2 aromatic heterocycles. The molecule has 1 amide bonds. The van der Waals surface area contributed by atoms with Gasteiger partial charge in [-0.25, -0.2) is 13.8 Å². The van der Waals surface area contributed by atoms with Gasteiger partial charge in [-0.2, -0.15) is 0 Å². The van der Waals surface area contributed by atoms with Crippen molar-refractivity contribution in [3.63, 3.8) is 0 Å². The molecule has 0 unspecified atom stereocenters. The molecule has 1 saturated carbocycles. The summed E-state index contributed by atoms with van der Waals surface area (Å²) in [6.07, 6.45) is 3.42. The van der Waals surface area contributed by atoms with Gasteiger partial charge in [0.1, 0.15) is 5.65 Å². The van der Waals surface area contributed by atoms with E-state index in [1.54, 1.807) is 6.20 Å². The molecule has 7 heteroatoms. The fourth-order valence-electron chi connectivity index (χ4n) is 2.55. The van der Waals surface area contributed by atoms with Crippen LogP contribution in [0.2, 0.25) is 0 Å². The van der Waals surface area contributed by atoms with Gasteiger partial charge in [0.15, 0.2) is 0 Å². The molecule has 0 bridgehead atoms. The molecule has 112 valence electrons. The Bertz CT molecular complexity index is 678. The first-order valence-corrected chi connectivity index (χ1v) is 7.48. The predicted octanol–water partition coefficient (Wildman–Crippen LogP) is 2.80. The van der Waals surface area contributed by atoms with Gasteiger partial charge >= 0.3 is 0 Å². The number of carbonyl (C=O) groups is 1. The van der Waals surface area contributed by atoms with Crippen LogP contribution in [0, 0.1) is 5.92 Å². The minimum atomic E-state index is -2.54. The smallest absolute Gasteiger partial charge is 0.248 e. The van der Waals surface area contributed by atoms with Gasteiger partial charge in [0.05, 0.1) is 12.1 Å². The average molecular weight is 358 g/mol. The van der Waals surface area contributed by atoms with Crippen molar-refractivity contribution in [2.45, 2.75) is 25.2 Å². The van der Waals surface area contributed by atoms with Crippen LogP contribution in [0.5, 0.6) is 0 Å². The Balaban J connectivity index is 1.58. The number of imidazole rings is 1. The predicted molar refractivity (Wildman–Crippen MR) is 77.3 cm³/mol. The number of rotatable bonds is 4. The van der Waals surface area contributed by atoms with E-state index in [4.69, 9.17) is 0 Å². The van der Waals surface area contributed by atoms with Crippen LogP contribution in [0.4, 0.5) is 8.78 Å². The summed E-state index contributed by atoms with van der Waals surface area (Å²) < 4.78 is 28.1. The zero-order valence-electron chi connectivity index (χ0n) is 11.2. The maximum absolute atomic E-state index is 12.7.